The Kier molecular flexibility index (Phi) is 6.57. The lowest BCUT2D eigenvalue weighted by Gasteiger charge is -2.11. The van der Waals surface area contributed by atoms with Crippen molar-refractivity contribution in [1.29, 1.82) is 0 Å². The van der Waals surface area contributed by atoms with Gasteiger partial charge in [0.05, 0.1) is 19.4 Å². The predicted octanol–water partition coefficient (Wildman–Crippen LogP) is 3.84. The van der Waals surface area contributed by atoms with E-state index in [2.05, 4.69) is 19.2 Å². The van der Waals surface area contributed by atoms with E-state index >= 15 is 0 Å². The monoisotopic (exact) mass is 341 g/mol. The zero-order valence-corrected chi connectivity index (χ0v) is 14.5. The van der Waals surface area contributed by atoms with E-state index in [0.717, 1.165) is 5.75 Å². The van der Waals surface area contributed by atoms with E-state index < -0.39 is 5.97 Å². The Hall–Kier alpha value is -2.82. The van der Waals surface area contributed by atoms with E-state index in [1.165, 1.54) is 5.56 Å². The summed E-state index contributed by atoms with van der Waals surface area (Å²) in [5.74, 6) is 0.0423. The average molecular weight is 341 g/mol. The van der Waals surface area contributed by atoms with Crippen LogP contribution in [0.2, 0.25) is 0 Å². The second-order valence-corrected chi connectivity index (χ2v) is 6.10. The number of anilines is 1. The van der Waals surface area contributed by atoms with Crippen LogP contribution in [0.3, 0.4) is 0 Å². The van der Waals surface area contributed by atoms with Crippen molar-refractivity contribution in [3.63, 3.8) is 0 Å². The predicted molar refractivity (Wildman–Crippen MR) is 97.1 cm³/mol. The fourth-order valence-electron chi connectivity index (χ4n) is 2.38. The third kappa shape index (κ3) is 5.95. The molecule has 132 valence electrons. The Morgan fingerprint density at radius 2 is 1.76 bits per heavy atom. The highest BCUT2D eigenvalue weighted by molar-refractivity contribution is 5.92. The summed E-state index contributed by atoms with van der Waals surface area (Å²) in [5, 5.41) is 11.7. The van der Waals surface area contributed by atoms with Gasteiger partial charge in [-0.05, 0) is 35.2 Å². The summed E-state index contributed by atoms with van der Waals surface area (Å²) in [6.45, 7) is 4.51. The number of rotatable bonds is 8. The summed E-state index contributed by atoms with van der Waals surface area (Å²) >= 11 is 0. The molecule has 0 unspecified atom stereocenters. The van der Waals surface area contributed by atoms with Crippen molar-refractivity contribution in [3.8, 4) is 5.75 Å². The fourth-order valence-corrected chi connectivity index (χ4v) is 2.38. The maximum Gasteiger partial charge on any atom is 0.307 e. The quantitative estimate of drug-likeness (QED) is 0.765. The molecule has 2 aromatic carbocycles. The number of aliphatic carboxylic acids is 1. The third-order valence-corrected chi connectivity index (χ3v) is 3.78. The summed E-state index contributed by atoms with van der Waals surface area (Å²) in [5.41, 5.74) is 2.34. The smallest absolute Gasteiger partial charge is 0.307 e. The second kappa shape index (κ2) is 8.87. The minimum atomic E-state index is -0.935. The number of para-hydroxylation sites is 1. The van der Waals surface area contributed by atoms with Gasteiger partial charge in [-0.3, -0.25) is 9.59 Å². The van der Waals surface area contributed by atoms with Gasteiger partial charge in [-0.1, -0.05) is 44.2 Å². The van der Waals surface area contributed by atoms with Crippen LogP contribution in [0.25, 0.3) is 0 Å². The van der Waals surface area contributed by atoms with Crippen molar-refractivity contribution in [1.82, 2.24) is 0 Å². The molecule has 0 fully saturated rings. The molecular weight excluding hydrogens is 318 g/mol. The van der Waals surface area contributed by atoms with Crippen LogP contribution < -0.4 is 10.1 Å². The molecular formula is C20H23NO4. The SMILES string of the molecule is CC(C)c1ccc(OCCC(=O)Nc2ccccc2CC(=O)O)cc1. The molecule has 2 N–H and O–H groups in total. The summed E-state index contributed by atoms with van der Waals surface area (Å²) < 4.78 is 5.59. The van der Waals surface area contributed by atoms with Crippen molar-refractivity contribution in [2.24, 2.45) is 0 Å². The molecule has 0 spiro atoms. The number of ether oxygens (including phenoxy) is 1. The summed E-state index contributed by atoms with van der Waals surface area (Å²) in [6.07, 6.45) is 0.0580. The Morgan fingerprint density at radius 3 is 2.40 bits per heavy atom. The van der Waals surface area contributed by atoms with Gasteiger partial charge < -0.3 is 15.2 Å². The molecule has 0 heterocycles. The normalized spacial score (nSPS) is 10.5. The number of amides is 1. The first-order valence-corrected chi connectivity index (χ1v) is 8.28. The first kappa shape index (κ1) is 18.5. The molecule has 0 saturated heterocycles. The zero-order chi connectivity index (χ0) is 18.2. The first-order chi connectivity index (χ1) is 12.0. The Bertz CT molecular complexity index is 723. The third-order valence-electron chi connectivity index (χ3n) is 3.78. The number of carboxylic acids is 1. The summed E-state index contributed by atoms with van der Waals surface area (Å²) in [7, 11) is 0. The number of hydrogen-bond acceptors (Lipinski definition) is 3. The highest BCUT2D eigenvalue weighted by atomic mass is 16.5. The van der Waals surface area contributed by atoms with Crippen LogP contribution in [0.5, 0.6) is 5.75 Å². The Balaban J connectivity index is 1.84. The van der Waals surface area contributed by atoms with Gasteiger partial charge in [0.25, 0.3) is 0 Å². The summed E-state index contributed by atoms with van der Waals surface area (Å²) in [6, 6.07) is 14.7. The lowest BCUT2D eigenvalue weighted by atomic mass is 10.0. The van der Waals surface area contributed by atoms with Gasteiger partial charge in [-0.25, -0.2) is 0 Å². The van der Waals surface area contributed by atoms with Crippen molar-refractivity contribution in [2.75, 3.05) is 11.9 Å². The fraction of sp³-hybridized carbons (Fsp3) is 0.300. The molecule has 25 heavy (non-hydrogen) atoms. The van der Waals surface area contributed by atoms with Crippen LogP contribution in [0.15, 0.2) is 48.5 Å². The van der Waals surface area contributed by atoms with Crippen molar-refractivity contribution in [2.45, 2.75) is 32.6 Å². The molecule has 0 atom stereocenters. The molecule has 0 aliphatic carbocycles. The van der Waals surface area contributed by atoms with Crippen LogP contribution in [-0.2, 0) is 16.0 Å². The average Bonchev–Trinajstić information content (AvgIpc) is 2.56. The van der Waals surface area contributed by atoms with E-state index in [4.69, 9.17) is 9.84 Å². The number of benzene rings is 2. The van der Waals surface area contributed by atoms with E-state index in [1.807, 2.05) is 24.3 Å². The second-order valence-electron chi connectivity index (χ2n) is 6.10. The molecule has 1 amide bonds. The molecule has 0 aliphatic heterocycles. The lowest BCUT2D eigenvalue weighted by molar-refractivity contribution is -0.136. The molecule has 2 aromatic rings. The van der Waals surface area contributed by atoms with E-state index in [1.54, 1.807) is 24.3 Å². The molecule has 2 rings (SSSR count). The standard InChI is InChI=1S/C20H23NO4/c1-14(2)15-7-9-17(10-8-15)25-12-11-19(22)21-18-6-4-3-5-16(18)13-20(23)24/h3-10,14H,11-13H2,1-2H3,(H,21,22)(H,23,24). The Morgan fingerprint density at radius 1 is 1.08 bits per heavy atom. The lowest BCUT2D eigenvalue weighted by Crippen LogP contribution is -2.17. The highest BCUT2D eigenvalue weighted by Crippen LogP contribution is 2.19. The van der Waals surface area contributed by atoms with Gasteiger partial charge in [0, 0.05) is 5.69 Å². The number of carboxylic acid groups (broad SMARTS) is 1. The molecule has 5 heteroatoms. The van der Waals surface area contributed by atoms with Crippen molar-refractivity contribution >= 4 is 17.6 Å². The van der Waals surface area contributed by atoms with Gasteiger partial charge in [0.15, 0.2) is 0 Å². The minimum absolute atomic E-state index is 0.130. The van der Waals surface area contributed by atoms with Gasteiger partial charge >= 0.3 is 5.97 Å². The van der Waals surface area contributed by atoms with Crippen LogP contribution >= 0.6 is 0 Å². The van der Waals surface area contributed by atoms with E-state index in [9.17, 15) is 9.59 Å². The largest absolute Gasteiger partial charge is 0.493 e. The number of nitrogens with one attached hydrogen (secondary N) is 1. The summed E-state index contributed by atoms with van der Waals surface area (Å²) in [4.78, 5) is 22.9. The molecule has 0 aromatic heterocycles. The molecule has 0 aliphatic rings. The number of carbonyl (C=O) groups excluding carboxylic acids is 1. The first-order valence-electron chi connectivity index (χ1n) is 8.28. The van der Waals surface area contributed by atoms with E-state index in [-0.39, 0.29) is 25.4 Å². The van der Waals surface area contributed by atoms with Crippen LogP contribution in [-0.4, -0.2) is 23.6 Å². The maximum atomic E-state index is 12.0. The molecule has 0 bridgehead atoms. The topological polar surface area (TPSA) is 75.6 Å². The van der Waals surface area contributed by atoms with Crippen LogP contribution in [0, 0.1) is 0 Å². The van der Waals surface area contributed by atoms with Gasteiger partial charge in [-0.2, -0.15) is 0 Å². The zero-order valence-electron chi connectivity index (χ0n) is 14.5. The van der Waals surface area contributed by atoms with Crippen LogP contribution in [0.1, 0.15) is 37.3 Å². The van der Waals surface area contributed by atoms with Gasteiger partial charge in [0.1, 0.15) is 5.75 Å². The maximum absolute atomic E-state index is 12.0. The molecule has 0 saturated carbocycles. The highest BCUT2D eigenvalue weighted by Gasteiger charge is 2.09. The Labute approximate surface area is 147 Å². The number of carbonyl (C=O) groups is 2. The van der Waals surface area contributed by atoms with Gasteiger partial charge in [-0.15, -0.1) is 0 Å². The van der Waals surface area contributed by atoms with Crippen molar-refractivity contribution in [3.05, 3.63) is 59.7 Å². The molecule has 0 radical (unpaired) electrons. The van der Waals surface area contributed by atoms with Crippen LogP contribution in [0.4, 0.5) is 5.69 Å². The number of hydrogen-bond donors (Lipinski definition) is 2. The van der Waals surface area contributed by atoms with Gasteiger partial charge in [0.2, 0.25) is 5.91 Å². The van der Waals surface area contributed by atoms with E-state index in [0.29, 0.717) is 17.2 Å². The molecule has 5 nitrogen and oxygen atoms in total. The minimum Gasteiger partial charge on any atom is -0.493 e. The van der Waals surface area contributed by atoms with Crippen molar-refractivity contribution < 1.29 is 19.4 Å².